The van der Waals surface area contributed by atoms with Gasteiger partial charge in [-0.2, -0.15) is 0 Å². The average molecular weight is 249 g/mol. The monoisotopic (exact) mass is 249 g/mol. The molecule has 1 aromatic rings. The zero-order valence-corrected chi connectivity index (χ0v) is 12.4. The van der Waals surface area contributed by atoms with Crippen molar-refractivity contribution >= 4 is 0 Å². The summed E-state index contributed by atoms with van der Waals surface area (Å²) in [4.78, 5) is 2.33. The Morgan fingerprint density at radius 1 is 1.17 bits per heavy atom. The topological polar surface area (TPSA) is 23.5 Å². The number of hydrogen-bond donors (Lipinski definition) is 1. The molecule has 1 aromatic carbocycles. The van der Waals surface area contributed by atoms with Crippen LogP contribution in [0.25, 0.3) is 0 Å². The smallest absolute Gasteiger partial charge is 0.0917 e. The molecule has 1 N–H and O–H groups in total. The molecule has 0 radical (unpaired) electrons. The van der Waals surface area contributed by atoms with Gasteiger partial charge in [-0.05, 0) is 57.4 Å². The maximum absolute atomic E-state index is 10.3. The van der Waals surface area contributed by atoms with Crippen LogP contribution in [0, 0.1) is 13.8 Å². The van der Waals surface area contributed by atoms with E-state index >= 15 is 0 Å². The highest BCUT2D eigenvalue weighted by atomic mass is 16.3. The standard InChI is InChI=1S/C16H27NO/c1-6-9-17(12(2)3)11-16(18)15-8-7-13(4)14(5)10-15/h7-8,10,12,16,18H,6,9,11H2,1-5H3. The van der Waals surface area contributed by atoms with Gasteiger partial charge < -0.3 is 5.11 Å². The minimum Gasteiger partial charge on any atom is -0.387 e. The maximum atomic E-state index is 10.3. The number of aliphatic hydroxyl groups is 1. The Bertz CT molecular complexity index is 373. The van der Waals surface area contributed by atoms with Crippen LogP contribution in [0.1, 0.15) is 50.0 Å². The highest BCUT2D eigenvalue weighted by molar-refractivity contribution is 5.31. The lowest BCUT2D eigenvalue weighted by Crippen LogP contribution is -2.35. The van der Waals surface area contributed by atoms with E-state index in [1.165, 1.54) is 11.1 Å². The van der Waals surface area contributed by atoms with Crippen molar-refractivity contribution in [3.63, 3.8) is 0 Å². The van der Waals surface area contributed by atoms with Crippen LogP contribution < -0.4 is 0 Å². The quantitative estimate of drug-likeness (QED) is 0.834. The Morgan fingerprint density at radius 3 is 2.33 bits per heavy atom. The van der Waals surface area contributed by atoms with Gasteiger partial charge in [-0.15, -0.1) is 0 Å². The van der Waals surface area contributed by atoms with Crippen molar-refractivity contribution in [3.8, 4) is 0 Å². The predicted octanol–water partition coefficient (Wildman–Crippen LogP) is 3.46. The lowest BCUT2D eigenvalue weighted by Gasteiger charge is -2.28. The molecule has 0 amide bonds. The van der Waals surface area contributed by atoms with Gasteiger partial charge in [0.05, 0.1) is 6.10 Å². The first-order chi connectivity index (χ1) is 8.45. The Balaban J connectivity index is 2.73. The molecule has 0 aliphatic heterocycles. The van der Waals surface area contributed by atoms with E-state index in [0.29, 0.717) is 12.6 Å². The van der Waals surface area contributed by atoms with Gasteiger partial charge in [0.25, 0.3) is 0 Å². The lowest BCUT2D eigenvalue weighted by atomic mass is 10.0. The molecule has 1 atom stereocenters. The summed E-state index contributed by atoms with van der Waals surface area (Å²) in [6.45, 7) is 12.5. The van der Waals surface area contributed by atoms with E-state index in [-0.39, 0.29) is 0 Å². The van der Waals surface area contributed by atoms with E-state index < -0.39 is 6.10 Å². The number of aliphatic hydroxyl groups excluding tert-OH is 1. The minimum atomic E-state index is -0.391. The molecule has 18 heavy (non-hydrogen) atoms. The number of hydrogen-bond acceptors (Lipinski definition) is 2. The largest absolute Gasteiger partial charge is 0.387 e. The molecule has 1 rings (SSSR count). The van der Waals surface area contributed by atoms with Gasteiger partial charge >= 0.3 is 0 Å². The maximum Gasteiger partial charge on any atom is 0.0917 e. The van der Waals surface area contributed by atoms with Gasteiger partial charge in [0.1, 0.15) is 0 Å². The summed E-state index contributed by atoms with van der Waals surface area (Å²) in [6.07, 6.45) is 0.732. The molecule has 0 spiro atoms. The van der Waals surface area contributed by atoms with Crippen LogP contribution in [0.15, 0.2) is 18.2 Å². The van der Waals surface area contributed by atoms with Crippen LogP contribution in [0.3, 0.4) is 0 Å². The van der Waals surface area contributed by atoms with Crippen LogP contribution >= 0.6 is 0 Å². The van der Waals surface area contributed by atoms with Crippen LogP contribution in [-0.2, 0) is 0 Å². The molecule has 2 heteroatoms. The first kappa shape index (κ1) is 15.2. The van der Waals surface area contributed by atoms with Crippen LogP contribution in [0.5, 0.6) is 0 Å². The summed E-state index contributed by atoms with van der Waals surface area (Å²) >= 11 is 0. The fourth-order valence-electron chi connectivity index (χ4n) is 2.15. The fraction of sp³-hybridized carbons (Fsp3) is 0.625. The van der Waals surface area contributed by atoms with Crippen LogP contribution in [-0.4, -0.2) is 29.1 Å². The predicted molar refractivity (Wildman–Crippen MR) is 77.9 cm³/mol. The summed E-state index contributed by atoms with van der Waals surface area (Å²) in [5.74, 6) is 0. The highest BCUT2D eigenvalue weighted by Crippen LogP contribution is 2.19. The van der Waals surface area contributed by atoms with Crippen molar-refractivity contribution < 1.29 is 5.11 Å². The lowest BCUT2D eigenvalue weighted by molar-refractivity contribution is 0.0955. The second kappa shape index (κ2) is 6.91. The third-order valence-corrected chi connectivity index (χ3v) is 3.56. The van der Waals surface area contributed by atoms with Crippen molar-refractivity contribution in [1.29, 1.82) is 0 Å². The molecule has 1 unspecified atom stereocenters. The summed E-state index contributed by atoms with van der Waals surface area (Å²) < 4.78 is 0. The van der Waals surface area contributed by atoms with Gasteiger partial charge in [-0.3, -0.25) is 4.90 Å². The minimum absolute atomic E-state index is 0.391. The first-order valence-electron chi connectivity index (χ1n) is 6.95. The number of aryl methyl sites for hydroxylation is 2. The summed E-state index contributed by atoms with van der Waals surface area (Å²) in [5.41, 5.74) is 3.55. The molecule has 2 nitrogen and oxygen atoms in total. The number of rotatable bonds is 6. The first-order valence-corrected chi connectivity index (χ1v) is 6.95. The summed E-state index contributed by atoms with van der Waals surface area (Å²) in [5, 5.41) is 10.3. The van der Waals surface area contributed by atoms with Crippen molar-refractivity contribution in [1.82, 2.24) is 4.90 Å². The van der Waals surface area contributed by atoms with Gasteiger partial charge in [0.2, 0.25) is 0 Å². The van der Waals surface area contributed by atoms with Crippen molar-refractivity contribution in [3.05, 3.63) is 34.9 Å². The van der Waals surface area contributed by atoms with E-state index in [4.69, 9.17) is 0 Å². The SMILES string of the molecule is CCCN(CC(O)c1ccc(C)c(C)c1)C(C)C. The molecule has 0 fully saturated rings. The Kier molecular flexibility index (Phi) is 5.83. The second-order valence-corrected chi connectivity index (χ2v) is 5.45. The number of benzene rings is 1. The van der Waals surface area contributed by atoms with Crippen LogP contribution in [0.4, 0.5) is 0 Å². The van der Waals surface area contributed by atoms with Gasteiger partial charge in [0.15, 0.2) is 0 Å². The molecule has 0 aromatic heterocycles. The Labute approximate surface area is 112 Å². The normalized spacial score (nSPS) is 13.3. The molecule has 0 heterocycles. The molecular weight excluding hydrogens is 222 g/mol. The molecule has 0 saturated heterocycles. The zero-order chi connectivity index (χ0) is 13.7. The molecule has 0 aliphatic carbocycles. The van der Waals surface area contributed by atoms with Crippen molar-refractivity contribution in [2.45, 2.75) is 53.2 Å². The highest BCUT2D eigenvalue weighted by Gasteiger charge is 2.15. The fourth-order valence-corrected chi connectivity index (χ4v) is 2.15. The number of nitrogens with zero attached hydrogens (tertiary/aromatic N) is 1. The third kappa shape index (κ3) is 4.11. The molecule has 0 bridgehead atoms. The van der Waals surface area contributed by atoms with Crippen LogP contribution in [0.2, 0.25) is 0 Å². The molecule has 0 saturated carbocycles. The van der Waals surface area contributed by atoms with Crippen molar-refractivity contribution in [2.24, 2.45) is 0 Å². The Morgan fingerprint density at radius 2 is 1.83 bits per heavy atom. The third-order valence-electron chi connectivity index (χ3n) is 3.56. The summed E-state index contributed by atoms with van der Waals surface area (Å²) in [7, 11) is 0. The van der Waals surface area contributed by atoms with E-state index in [0.717, 1.165) is 18.5 Å². The van der Waals surface area contributed by atoms with E-state index in [2.05, 4.69) is 51.7 Å². The zero-order valence-electron chi connectivity index (χ0n) is 12.4. The molecular formula is C16H27NO. The van der Waals surface area contributed by atoms with Crippen molar-refractivity contribution in [2.75, 3.05) is 13.1 Å². The van der Waals surface area contributed by atoms with Gasteiger partial charge in [0, 0.05) is 12.6 Å². The van der Waals surface area contributed by atoms with Gasteiger partial charge in [-0.25, -0.2) is 0 Å². The van der Waals surface area contributed by atoms with E-state index in [9.17, 15) is 5.11 Å². The molecule has 0 aliphatic rings. The van der Waals surface area contributed by atoms with E-state index in [1.807, 2.05) is 6.07 Å². The van der Waals surface area contributed by atoms with E-state index in [1.54, 1.807) is 0 Å². The van der Waals surface area contributed by atoms with Gasteiger partial charge in [-0.1, -0.05) is 25.1 Å². The Hall–Kier alpha value is -0.860. The molecule has 102 valence electrons. The second-order valence-electron chi connectivity index (χ2n) is 5.45. The summed E-state index contributed by atoms with van der Waals surface area (Å²) in [6, 6.07) is 6.71. The average Bonchev–Trinajstić information content (AvgIpc) is 2.31.